The number of amides is 1. The molecule has 104 valence electrons. The van der Waals surface area contributed by atoms with Gasteiger partial charge in [0.25, 0.3) is 5.91 Å². The van der Waals surface area contributed by atoms with E-state index in [2.05, 4.69) is 31.5 Å². The number of benzene rings is 1. The molecule has 0 fully saturated rings. The van der Waals surface area contributed by atoms with Crippen LogP contribution in [0.3, 0.4) is 0 Å². The molecule has 1 amide bonds. The molecule has 1 heterocycles. The Morgan fingerprint density at radius 1 is 1.20 bits per heavy atom. The lowest BCUT2D eigenvalue weighted by molar-refractivity contribution is 0.102. The molecule has 0 saturated heterocycles. The number of carbonyl (C=O) groups is 1. The van der Waals surface area contributed by atoms with Crippen LogP contribution < -0.4 is 10.6 Å². The normalized spacial score (nSPS) is 10.2. The van der Waals surface area contributed by atoms with E-state index in [1.807, 2.05) is 32.0 Å². The minimum Gasteiger partial charge on any atom is -0.372 e. The van der Waals surface area contributed by atoms with Crippen LogP contribution in [0, 0.1) is 13.8 Å². The van der Waals surface area contributed by atoms with Crippen LogP contribution in [-0.2, 0) is 0 Å². The Hall–Kier alpha value is -1.88. The molecule has 4 nitrogen and oxygen atoms in total. The number of pyridine rings is 1. The largest absolute Gasteiger partial charge is 0.372 e. The second kappa shape index (κ2) is 6.05. The second-order valence-corrected chi connectivity index (χ2v) is 5.47. The van der Waals surface area contributed by atoms with Gasteiger partial charge < -0.3 is 10.6 Å². The number of rotatable bonds is 3. The highest BCUT2D eigenvalue weighted by Gasteiger charge is 2.13. The average Bonchev–Trinajstić information content (AvgIpc) is 2.43. The summed E-state index contributed by atoms with van der Waals surface area (Å²) in [6, 6.07) is 7.58. The van der Waals surface area contributed by atoms with Gasteiger partial charge >= 0.3 is 0 Å². The lowest BCUT2D eigenvalue weighted by Crippen LogP contribution is -2.15. The molecule has 1 aromatic heterocycles. The first kappa shape index (κ1) is 14.5. The number of halogens is 1. The fourth-order valence-electron chi connectivity index (χ4n) is 1.83. The topological polar surface area (TPSA) is 54.0 Å². The Morgan fingerprint density at radius 2 is 1.95 bits per heavy atom. The summed E-state index contributed by atoms with van der Waals surface area (Å²) in [6.45, 7) is 4.06. The third kappa shape index (κ3) is 3.17. The molecular weight excluding hydrogens is 318 g/mol. The molecule has 0 unspecified atom stereocenters. The molecule has 0 aliphatic carbocycles. The maximum absolute atomic E-state index is 12.3. The van der Waals surface area contributed by atoms with Crippen LogP contribution in [-0.4, -0.2) is 17.9 Å². The number of nitrogens with one attached hydrogen (secondary N) is 2. The van der Waals surface area contributed by atoms with E-state index in [0.29, 0.717) is 11.4 Å². The summed E-state index contributed by atoms with van der Waals surface area (Å²) < 4.78 is 0.765. The first-order valence-corrected chi connectivity index (χ1v) is 7.02. The van der Waals surface area contributed by atoms with Gasteiger partial charge in [-0.1, -0.05) is 6.07 Å². The van der Waals surface area contributed by atoms with Crippen LogP contribution in [0.2, 0.25) is 0 Å². The van der Waals surface area contributed by atoms with Crippen LogP contribution in [0.15, 0.2) is 34.9 Å². The van der Waals surface area contributed by atoms with Crippen molar-refractivity contribution in [1.29, 1.82) is 0 Å². The van der Waals surface area contributed by atoms with Crippen molar-refractivity contribution in [3.8, 4) is 0 Å². The molecule has 0 aliphatic heterocycles. The molecule has 20 heavy (non-hydrogen) atoms. The van der Waals surface area contributed by atoms with Gasteiger partial charge in [0.1, 0.15) is 5.82 Å². The summed E-state index contributed by atoms with van der Waals surface area (Å²) in [6.07, 6.45) is 1.65. The summed E-state index contributed by atoms with van der Waals surface area (Å²) in [5.41, 5.74) is 3.62. The molecule has 2 aromatic rings. The van der Waals surface area contributed by atoms with Crippen molar-refractivity contribution < 1.29 is 4.79 Å². The van der Waals surface area contributed by atoms with Crippen molar-refractivity contribution >= 4 is 33.3 Å². The van der Waals surface area contributed by atoms with Crippen molar-refractivity contribution in [3.63, 3.8) is 0 Å². The smallest absolute Gasteiger partial charge is 0.259 e. The first-order chi connectivity index (χ1) is 9.51. The summed E-state index contributed by atoms with van der Waals surface area (Å²) in [5, 5.41) is 5.81. The van der Waals surface area contributed by atoms with Gasteiger partial charge in [-0.15, -0.1) is 0 Å². The van der Waals surface area contributed by atoms with Gasteiger partial charge in [0.05, 0.1) is 5.56 Å². The number of aryl methyl sites for hydroxylation is 2. The SMILES string of the molecule is CNc1ncc(Br)cc1C(=O)Nc1ccc(C)c(C)c1. The van der Waals surface area contributed by atoms with E-state index in [-0.39, 0.29) is 5.91 Å². The van der Waals surface area contributed by atoms with Crippen LogP contribution >= 0.6 is 15.9 Å². The minimum absolute atomic E-state index is 0.189. The maximum atomic E-state index is 12.3. The predicted octanol–water partition coefficient (Wildman–Crippen LogP) is 3.75. The van der Waals surface area contributed by atoms with Crippen LogP contribution in [0.25, 0.3) is 0 Å². The van der Waals surface area contributed by atoms with Crippen molar-refractivity contribution in [1.82, 2.24) is 4.98 Å². The highest BCUT2D eigenvalue weighted by molar-refractivity contribution is 9.10. The molecule has 2 N–H and O–H groups in total. The van der Waals surface area contributed by atoms with Crippen LogP contribution in [0.4, 0.5) is 11.5 Å². The zero-order valence-corrected chi connectivity index (χ0v) is 13.2. The van der Waals surface area contributed by atoms with Gasteiger partial charge in [0.2, 0.25) is 0 Å². The Bertz CT molecular complexity index is 656. The molecule has 0 bridgehead atoms. The Balaban J connectivity index is 2.27. The second-order valence-electron chi connectivity index (χ2n) is 4.55. The Labute approximate surface area is 126 Å². The highest BCUT2D eigenvalue weighted by Crippen LogP contribution is 2.20. The van der Waals surface area contributed by atoms with Gasteiger partial charge in [0, 0.05) is 23.4 Å². The number of anilines is 2. The Morgan fingerprint density at radius 3 is 2.60 bits per heavy atom. The van der Waals surface area contributed by atoms with Crippen molar-refractivity contribution in [3.05, 3.63) is 51.6 Å². The molecule has 0 saturated carbocycles. The van der Waals surface area contributed by atoms with E-state index in [0.717, 1.165) is 15.7 Å². The third-order valence-electron chi connectivity index (χ3n) is 3.10. The van der Waals surface area contributed by atoms with E-state index in [4.69, 9.17) is 0 Å². The zero-order chi connectivity index (χ0) is 14.7. The van der Waals surface area contributed by atoms with Gasteiger partial charge in [-0.3, -0.25) is 4.79 Å². The van der Waals surface area contributed by atoms with E-state index < -0.39 is 0 Å². The number of nitrogens with zero attached hydrogens (tertiary/aromatic N) is 1. The molecule has 0 atom stereocenters. The lowest BCUT2D eigenvalue weighted by Gasteiger charge is -2.10. The number of aromatic nitrogens is 1. The number of carbonyl (C=O) groups excluding carboxylic acids is 1. The van der Waals surface area contributed by atoms with Crippen molar-refractivity contribution in [2.24, 2.45) is 0 Å². The summed E-state index contributed by atoms with van der Waals surface area (Å²) in [5.74, 6) is 0.362. The number of hydrogen-bond acceptors (Lipinski definition) is 3. The molecule has 2 rings (SSSR count). The van der Waals surface area contributed by atoms with Crippen molar-refractivity contribution in [2.45, 2.75) is 13.8 Å². The van der Waals surface area contributed by atoms with Gasteiger partial charge in [-0.2, -0.15) is 0 Å². The monoisotopic (exact) mass is 333 g/mol. The van der Waals surface area contributed by atoms with E-state index in [9.17, 15) is 4.79 Å². The van der Waals surface area contributed by atoms with Gasteiger partial charge in [0.15, 0.2) is 0 Å². The molecule has 0 radical (unpaired) electrons. The highest BCUT2D eigenvalue weighted by atomic mass is 79.9. The fourth-order valence-corrected chi connectivity index (χ4v) is 2.16. The molecule has 0 aliphatic rings. The quantitative estimate of drug-likeness (QED) is 0.899. The first-order valence-electron chi connectivity index (χ1n) is 6.23. The summed E-state index contributed by atoms with van der Waals surface area (Å²) in [4.78, 5) is 16.5. The Kier molecular flexibility index (Phi) is 4.39. The third-order valence-corrected chi connectivity index (χ3v) is 3.53. The standard InChI is InChI=1S/C15H16BrN3O/c1-9-4-5-12(6-10(9)2)19-15(20)13-7-11(16)8-18-14(13)17-3/h4-8H,1-3H3,(H,17,18)(H,19,20). The average molecular weight is 334 g/mol. The molecule has 5 heteroatoms. The maximum Gasteiger partial charge on any atom is 0.259 e. The van der Waals surface area contributed by atoms with Gasteiger partial charge in [-0.25, -0.2) is 4.98 Å². The molecular formula is C15H16BrN3O. The van der Waals surface area contributed by atoms with Crippen molar-refractivity contribution in [2.75, 3.05) is 17.7 Å². The summed E-state index contributed by atoms with van der Waals surface area (Å²) in [7, 11) is 1.74. The van der Waals surface area contributed by atoms with Gasteiger partial charge in [-0.05, 0) is 59.1 Å². The van der Waals surface area contributed by atoms with Crippen LogP contribution in [0.1, 0.15) is 21.5 Å². The molecule has 1 aromatic carbocycles. The summed E-state index contributed by atoms with van der Waals surface area (Å²) >= 11 is 3.33. The molecule has 0 spiro atoms. The minimum atomic E-state index is -0.189. The van der Waals surface area contributed by atoms with Crippen LogP contribution in [0.5, 0.6) is 0 Å². The van der Waals surface area contributed by atoms with E-state index in [1.165, 1.54) is 5.56 Å². The lowest BCUT2D eigenvalue weighted by atomic mass is 10.1. The van der Waals surface area contributed by atoms with E-state index >= 15 is 0 Å². The zero-order valence-electron chi connectivity index (χ0n) is 11.6. The number of hydrogen-bond donors (Lipinski definition) is 2. The fraction of sp³-hybridized carbons (Fsp3) is 0.200. The predicted molar refractivity (Wildman–Crippen MR) is 85.4 cm³/mol. The van der Waals surface area contributed by atoms with E-state index in [1.54, 1.807) is 19.3 Å².